The fourth-order valence-corrected chi connectivity index (χ4v) is 1.28. The van der Waals surface area contributed by atoms with Gasteiger partial charge in [-0.2, -0.15) is 4.98 Å². The summed E-state index contributed by atoms with van der Waals surface area (Å²) < 4.78 is 5.72. The Bertz CT molecular complexity index is 549. The van der Waals surface area contributed by atoms with Crippen molar-refractivity contribution in [3.05, 3.63) is 23.4 Å². The van der Waals surface area contributed by atoms with E-state index in [0.29, 0.717) is 5.82 Å². The van der Waals surface area contributed by atoms with Crippen LogP contribution in [0.3, 0.4) is 0 Å². The number of hydrogen-bond donors (Lipinski definition) is 1. The van der Waals surface area contributed by atoms with Gasteiger partial charge in [-0.25, -0.2) is 19.4 Å². The zero-order valence-corrected chi connectivity index (χ0v) is 9.42. The van der Waals surface area contributed by atoms with Crippen molar-refractivity contribution in [1.29, 1.82) is 0 Å². The third kappa shape index (κ3) is 2.31. The number of nitrogens with zero attached hydrogens (tertiary/aromatic N) is 5. The normalized spacial score (nSPS) is 10.2. The molecule has 17 heavy (non-hydrogen) atoms. The van der Waals surface area contributed by atoms with Crippen LogP contribution in [0, 0.1) is 0 Å². The highest BCUT2D eigenvalue weighted by Gasteiger charge is 2.13. The zero-order chi connectivity index (χ0) is 12.4. The predicted octanol–water partition coefficient (Wildman–Crippen LogP) is 0.0795. The number of rotatable bonds is 2. The number of nitrogens with two attached hydrogens (primary N) is 1. The van der Waals surface area contributed by atoms with Gasteiger partial charge in [-0.1, -0.05) is 11.6 Å². The van der Waals surface area contributed by atoms with Crippen molar-refractivity contribution in [2.75, 3.05) is 12.8 Å². The largest absolute Gasteiger partial charge is 0.463 e. The molecule has 2 aromatic heterocycles. The topological polar surface area (TPSA) is 109 Å². The summed E-state index contributed by atoms with van der Waals surface area (Å²) in [5, 5.41) is 4.03. The Hall–Kier alpha value is -2.22. The summed E-state index contributed by atoms with van der Waals surface area (Å²) in [5.74, 6) is -0.412. The van der Waals surface area contributed by atoms with Gasteiger partial charge >= 0.3 is 5.97 Å². The molecule has 0 fully saturated rings. The van der Waals surface area contributed by atoms with Gasteiger partial charge in [0.15, 0.2) is 5.82 Å². The second-order valence-corrected chi connectivity index (χ2v) is 3.30. The summed E-state index contributed by atoms with van der Waals surface area (Å²) in [6, 6.07) is 1.44. The number of methoxy groups -OCH3 is 1. The number of ether oxygens (including phenoxy) is 1. The minimum absolute atomic E-state index is 0.00242. The monoisotopic (exact) mass is 254 g/mol. The van der Waals surface area contributed by atoms with Gasteiger partial charge in [0.1, 0.15) is 11.5 Å². The summed E-state index contributed by atoms with van der Waals surface area (Å²) in [4.78, 5) is 22.5. The van der Waals surface area contributed by atoms with E-state index in [1.165, 1.54) is 24.2 Å². The summed E-state index contributed by atoms with van der Waals surface area (Å²) in [6.07, 6.45) is 1.30. The summed E-state index contributed by atoms with van der Waals surface area (Å²) >= 11 is 5.71. The molecule has 0 aliphatic rings. The number of nitrogen functional groups attached to an aromatic ring is 1. The van der Waals surface area contributed by atoms with Gasteiger partial charge in [0, 0.05) is 6.07 Å². The van der Waals surface area contributed by atoms with Crippen LogP contribution in [0.5, 0.6) is 0 Å². The Labute approximate surface area is 100 Å². The van der Waals surface area contributed by atoms with Crippen molar-refractivity contribution < 1.29 is 9.53 Å². The third-order valence-electron chi connectivity index (χ3n) is 1.79. The maximum Gasteiger partial charge on any atom is 0.377 e. The van der Waals surface area contributed by atoms with Crippen LogP contribution < -0.4 is 5.73 Å². The Kier molecular flexibility index (Phi) is 2.88. The zero-order valence-electron chi connectivity index (χ0n) is 8.66. The van der Waals surface area contributed by atoms with Crippen LogP contribution in [0.4, 0.5) is 5.95 Å². The van der Waals surface area contributed by atoms with Gasteiger partial charge in [-0.05, 0) is 0 Å². The van der Waals surface area contributed by atoms with Crippen molar-refractivity contribution in [2.45, 2.75) is 0 Å². The molecule has 0 aliphatic carbocycles. The van der Waals surface area contributed by atoms with Crippen LogP contribution in [0.15, 0.2) is 12.4 Å². The van der Waals surface area contributed by atoms with Gasteiger partial charge in [0.2, 0.25) is 5.95 Å². The predicted molar refractivity (Wildman–Crippen MR) is 57.7 cm³/mol. The molecular weight excluding hydrogens is 248 g/mol. The molecule has 0 amide bonds. The quantitative estimate of drug-likeness (QED) is 0.597. The average Bonchev–Trinajstić information content (AvgIpc) is 2.76. The molecule has 0 aromatic carbocycles. The molecule has 0 spiro atoms. The molecule has 2 heterocycles. The maximum atomic E-state index is 11.1. The Morgan fingerprint density at radius 3 is 2.94 bits per heavy atom. The summed E-state index contributed by atoms with van der Waals surface area (Å²) in [6.45, 7) is 0. The molecule has 9 heteroatoms. The summed E-state index contributed by atoms with van der Waals surface area (Å²) in [7, 11) is 1.24. The van der Waals surface area contributed by atoms with E-state index in [2.05, 4.69) is 24.8 Å². The van der Waals surface area contributed by atoms with Gasteiger partial charge in [0.25, 0.3) is 5.82 Å². The molecule has 88 valence electrons. The molecule has 0 atom stereocenters. The highest BCUT2D eigenvalue weighted by atomic mass is 35.5. The lowest BCUT2D eigenvalue weighted by Crippen LogP contribution is -2.07. The lowest BCUT2D eigenvalue weighted by molar-refractivity contribution is 0.0587. The smallest absolute Gasteiger partial charge is 0.377 e. The molecular formula is C8H7ClN6O2. The fraction of sp³-hybridized carbons (Fsp3) is 0.125. The second-order valence-electron chi connectivity index (χ2n) is 2.91. The highest BCUT2D eigenvalue weighted by Crippen LogP contribution is 2.11. The lowest BCUT2D eigenvalue weighted by atomic mass is 10.6. The van der Waals surface area contributed by atoms with Crippen molar-refractivity contribution in [3.63, 3.8) is 0 Å². The average molecular weight is 255 g/mol. The van der Waals surface area contributed by atoms with Crippen LogP contribution in [0.1, 0.15) is 10.6 Å². The lowest BCUT2D eigenvalue weighted by Gasteiger charge is -2.00. The van der Waals surface area contributed by atoms with Crippen LogP contribution in [0.25, 0.3) is 5.82 Å². The van der Waals surface area contributed by atoms with E-state index >= 15 is 0 Å². The standard InChI is InChI=1S/C8H7ClN6O2/c1-17-7(16)6-11-3-15(14-6)5-2-4(9)12-8(10)13-5/h2-3H,1H3,(H2,10,12,13). The molecule has 0 aliphatic heterocycles. The summed E-state index contributed by atoms with van der Waals surface area (Å²) in [5.41, 5.74) is 5.43. The molecule has 8 nitrogen and oxygen atoms in total. The van der Waals surface area contributed by atoms with E-state index in [4.69, 9.17) is 17.3 Å². The number of carbonyl (C=O) groups excluding carboxylic acids is 1. The van der Waals surface area contributed by atoms with E-state index in [1.54, 1.807) is 0 Å². The van der Waals surface area contributed by atoms with Crippen LogP contribution in [0.2, 0.25) is 5.15 Å². The SMILES string of the molecule is COC(=O)c1ncn(-c2cc(Cl)nc(N)n2)n1. The van der Waals surface area contributed by atoms with Crippen molar-refractivity contribution in [1.82, 2.24) is 24.7 Å². The Balaban J connectivity index is 2.40. The van der Waals surface area contributed by atoms with Crippen LogP contribution >= 0.6 is 11.6 Å². The van der Waals surface area contributed by atoms with Crippen molar-refractivity contribution in [3.8, 4) is 5.82 Å². The molecule has 0 radical (unpaired) electrons. The first-order chi connectivity index (χ1) is 8.10. The second kappa shape index (κ2) is 4.34. The molecule has 0 bridgehead atoms. The van der Waals surface area contributed by atoms with Gasteiger partial charge in [-0.15, -0.1) is 5.10 Å². The first kappa shape index (κ1) is 11.3. The van der Waals surface area contributed by atoms with E-state index in [9.17, 15) is 4.79 Å². The Morgan fingerprint density at radius 2 is 2.29 bits per heavy atom. The Morgan fingerprint density at radius 1 is 1.53 bits per heavy atom. The maximum absolute atomic E-state index is 11.1. The molecule has 0 unspecified atom stereocenters. The third-order valence-corrected chi connectivity index (χ3v) is 1.99. The number of anilines is 1. The molecule has 0 saturated carbocycles. The first-order valence-electron chi connectivity index (χ1n) is 4.40. The number of esters is 1. The van der Waals surface area contributed by atoms with Crippen LogP contribution in [-0.2, 0) is 4.74 Å². The highest BCUT2D eigenvalue weighted by molar-refractivity contribution is 6.29. The fourth-order valence-electron chi connectivity index (χ4n) is 1.10. The number of hydrogen-bond acceptors (Lipinski definition) is 7. The molecule has 2 N–H and O–H groups in total. The first-order valence-corrected chi connectivity index (χ1v) is 4.78. The van der Waals surface area contributed by atoms with Gasteiger partial charge in [-0.3, -0.25) is 0 Å². The van der Waals surface area contributed by atoms with Crippen LogP contribution in [-0.4, -0.2) is 37.8 Å². The van der Waals surface area contributed by atoms with E-state index in [0.717, 1.165) is 0 Å². The van der Waals surface area contributed by atoms with Crippen molar-refractivity contribution in [2.24, 2.45) is 0 Å². The van der Waals surface area contributed by atoms with Crippen molar-refractivity contribution >= 4 is 23.5 Å². The number of carbonyl (C=O) groups is 1. The number of halogens is 1. The van der Waals surface area contributed by atoms with Gasteiger partial charge < -0.3 is 10.5 Å². The minimum atomic E-state index is -0.642. The molecule has 0 saturated heterocycles. The molecule has 2 aromatic rings. The van der Waals surface area contributed by atoms with E-state index in [1.807, 2.05) is 0 Å². The van der Waals surface area contributed by atoms with E-state index < -0.39 is 5.97 Å². The van der Waals surface area contributed by atoms with E-state index in [-0.39, 0.29) is 16.9 Å². The molecule has 2 rings (SSSR count). The minimum Gasteiger partial charge on any atom is -0.463 e. The van der Waals surface area contributed by atoms with Gasteiger partial charge in [0.05, 0.1) is 7.11 Å². The number of aromatic nitrogens is 5.